The predicted octanol–water partition coefficient (Wildman–Crippen LogP) is 4.48. The van der Waals surface area contributed by atoms with Gasteiger partial charge in [0.2, 0.25) is 0 Å². The predicted molar refractivity (Wildman–Crippen MR) is 135 cm³/mol. The third kappa shape index (κ3) is 4.50. The molecule has 2 aromatic carbocycles. The summed E-state index contributed by atoms with van der Waals surface area (Å²) in [6.45, 7) is 4.38. The van der Waals surface area contributed by atoms with Gasteiger partial charge in [0.25, 0.3) is 11.8 Å². The number of amides is 2. The van der Waals surface area contributed by atoms with Gasteiger partial charge in [0.15, 0.2) is 11.5 Å². The van der Waals surface area contributed by atoms with Crippen molar-refractivity contribution in [3.63, 3.8) is 0 Å². The number of piperidine rings is 1. The lowest BCUT2D eigenvalue weighted by molar-refractivity contribution is 0.0684. The van der Waals surface area contributed by atoms with E-state index in [-0.39, 0.29) is 23.9 Å². The number of methoxy groups -OCH3 is 2. The number of hydrogen-bond acceptors (Lipinski definition) is 6. The molecule has 0 radical (unpaired) electrons. The summed E-state index contributed by atoms with van der Waals surface area (Å²) in [6, 6.07) is 13.4. The molecule has 1 aliphatic heterocycles. The molecule has 3 atom stereocenters. The highest BCUT2D eigenvalue weighted by Crippen LogP contribution is 2.48. The van der Waals surface area contributed by atoms with Crippen LogP contribution in [0.1, 0.15) is 44.3 Å². The van der Waals surface area contributed by atoms with Crippen LogP contribution >= 0.6 is 11.3 Å². The number of aryl methyl sites for hydroxylation is 2. The molecule has 0 unspecified atom stereocenters. The number of carbonyl (C=O) groups is 2. The van der Waals surface area contributed by atoms with E-state index in [1.807, 2.05) is 36.9 Å². The van der Waals surface area contributed by atoms with Gasteiger partial charge in [-0.15, -0.1) is 11.3 Å². The minimum absolute atomic E-state index is 0.0405. The number of aromatic nitrogens is 1. The molecule has 7 nitrogen and oxygen atoms in total. The fraction of sp³-hybridized carbons (Fsp3) is 0.370. The Labute approximate surface area is 209 Å². The molecular weight excluding hydrogens is 462 g/mol. The molecule has 1 saturated carbocycles. The Balaban J connectivity index is 1.33. The van der Waals surface area contributed by atoms with Crippen LogP contribution in [-0.4, -0.2) is 54.5 Å². The first-order valence-corrected chi connectivity index (χ1v) is 12.6. The van der Waals surface area contributed by atoms with E-state index in [1.165, 1.54) is 0 Å². The van der Waals surface area contributed by atoms with E-state index in [0.29, 0.717) is 35.2 Å². The van der Waals surface area contributed by atoms with Gasteiger partial charge in [0, 0.05) is 18.2 Å². The molecule has 35 heavy (non-hydrogen) atoms. The van der Waals surface area contributed by atoms with Crippen molar-refractivity contribution < 1.29 is 19.1 Å². The highest BCUT2D eigenvalue weighted by atomic mass is 32.1. The second kappa shape index (κ2) is 9.34. The van der Waals surface area contributed by atoms with Crippen LogP contribution in [0, 0.1) is 19.8 Å². The maximum absolute atomic E-state index is 13.8. The van der Waals surface area contributed by atoms with Gasteiger partial charge >= 0.3 is 0 Å². The number of carbonyl (C=O) groups excluding carboxylic acids is 2. The lowest BCUT2D eigenvalue weighted by Crippen LogP contribution is -2.45. The van der Waals surface area contributed by atoms with Crippen LogP contribution in [0.25, 0.3) is 10.4 Å². The molecule has 3 aromatic rings. The van der Waals surface area contributed by atoms with Gasteiger partial charge in [0.1, 0.15) is 5.69 Å². The molecule has 5 rings (SSSR count). The third-order valence-electron chi connectivity index (χ3n) is 6.81. The van der Waals surface area contributed by atoms with Crippen LogP contribution in [0.5, 0.6) is 11.5 Å². The Bertz CT molecular complexity index is 1290. The Hall–Kier alpha value is -3.39. The zero-order chi connectivity index (χ0) is 24.7. The quantitative estimate of drug-likeness (QED) is 0.527. The van der Waals surface area contributed by atoms with E-state index in [9.17, 15) is 9.59 Å². The molecule has 8 heteroatoms. The zero-order valence-corrected chi connectivity index (χ0v) is 21.1. The van der Waals surface area contributed by atoms with Crippen LogP contribution in [0.3, 0.4) is 0 Å². The second-order valence-corrected chi connectivity index (χ2v) is 10.4. The molecular formula is C27H29N3O4S. The van der Waals surface area contributed by atoms with Crippen LogP contribution in [0.15, 0.2) is 42.5 Å². The number of ether oxygens (including phenoxy) is 2. The standard InChI is InChI=1S/C27H29N3O4S/c1-15-6-5-7-17(10-15)25-24(29-16(2)35-25)27(32)30-20(11-19-12-21(19)30)14-28-26(31)18-8-9-22(33-3)23(13-18)34-4/h5-10,13,19-21H,11-12,14H2,1-4H3,(H,28,31)/t19-,20+,21+/m1/s1. The fourth-order valence-corrected chi connectivity index (χ4v) is 5.93. The van der Waals surface area contributed by atoms with E-state index < -0.39 is 0 Å². The van der Waals surface area contributed by atoms with Crippen molar-refractivity contribution in [3.05, 3.63) is 64.3 Å². The third-order valence-corrected chi connectivity index (χ3v) is 7.83. The first-order valence-electron chi connectivity index (χ1n) is 11.8. The summed E-state index contributed by atoms with van der Waals surface area (Å²) in [5.41, 5.74) is 3.16. The summed E-state index contributed by atoms with van der Waals surface area (Å²) in [5, 5.41) is 3.89. The Kier molecular flexibility index (Phi) is 6.23. The molecule has 0 bridgehead atoms. The normalized spacial score (nSPS) is 20.3. The number of fused-ring (bicyclic) bond motifs is 1. The monoisotopic (exact) mass is 491 g/mol. The van der Waals surface area contributed by atoms with Crippen LogP contribution in [0.4, 0.5) is 0 Å². The summed E-state index contributed by atoms with van der Waals surface area (Å²) in [4.78, 5) is 34.2. The lowest BCUT2D eigenvalue weighted by atomic mass is 10.1. The Morgan fingerprint density at radius 2 is 1.89 bits per heavy atom. The number of thiazole rings is 1. The molecule has 2 fully saturated rings. The van der Waals surface area contributed by atoms with Gasteiger partial charge in [-0.2, -0.15) is 0 Å². The van der Waals surface area contributed by atoms with Crippen molar-refractivity contribution in [2.24, 2.45) is 5.92 Å². The van der Waals surface area contributed by atoms with Gasteiger partial charge in [-0.25, -0.2) is 4.98 Å². The van der Waals surface area contributed by atoms with Gasteiger partial charge in [0.05, 0.1) is 30.1 Å². The molecule has 1 N–H and O–H groups in total. The summed E-state index contributed by atoms with van der Waals surface area (Å²) in [7, 11) is 3.10. The van der Waals surface area contributed by atoms with Crippen LogP contribution in [0.2, 0.25) is 0 Å². The molecule has 0 spiro atoms. The average Bonchev–Trinajstić information content (AvgIpc) is 3.35. The summed E-state index contributed by atoms with van der Waals surface area (Å²) < 4.78 is 10.6. The lowest BCUT2D eigenvalue weighted by Gasteiger charge is -2.27. The van der Waals surface area contributed by atoms with Crippen molar-refractivity contribution in [2.75, 3.05) is 20.8 Å². The van der Waals surface area contributed by atoms with Gasteiger partial charge < -0.3 is 19.7 Å². The minimum Gasteiger partial charge on any atom is -0.493 e. The molecule has 2 aliphatic rings. The number of rotatable bonds is 7. The Morgan fingerprint density at radius 1 is 1.09 bits per heavy atom. The number of nitrogens with one attached hydrogen (secondary N) is 1. The average molecular weight is 492 g/mol. The second-order valence-electron chi connectivity index (χ2n) is 9.22. The van der Waals surface area contributed by atoms with Gasteiger partial charge in [-0.1, -0.05) is 29.8 Å². The van der Waals surface area contributed by atoms with Crippen molar-refractivity contribution in [2.45, 2.75) is 38.8 Å². The van der Waals surface area contributed by atoms with Crippen molar-refractivity contribution in [1.82, 2.24) is 15.2 Å². The Morgan fingerprint density at radius 3 is 2.63 bits per heavy atom. The molecule has 1 aromatic heterocycles. The summed E-state index contributed by atoms with van der Waals surface area (Å²) in [5.74, 6) is 1.33. The van der Waals surface area contributed by atoms with Crippen molar-refractivity contribution in [1.29, 1.82) is 0 Å². The first-order chi connectivity index (χ1) is 16.9. The van der Waals surface area contributed by atoms with Crippen LogP contribution in [-0.2, 0) is 0 Å². The fourth-order valence-electron chi connectivity index (χ4n) is 5.02. The van der Waals surface area contributed by atoms with E-state index >= 15 is 0 Å². The number of hydrogen-bond donors (Lipinski definition) is 1. The molecule has 2 heterocycles. The van der Waals surface area contributed by atoms with Gasteiger partial charge in [-0.05, 0) is 56.4 Å². The maximum atomic E-state index is 13.8. The largest absolute Gasteiger partial charge is 0.493 e. The number of benzene rings is 2. The summed E-state index contributed by atoms with van der Waals surface area (Å²) in [6.07, 6.45) is 1.92. The number of likely N-dealkylation sites (tertiary alicyclic amines) is 1. The molecule has 1 saturated heterocycles. The SMILES string of the molecule is COc1ccc(C(=O)NC[C@@H]2C[C@@H]3C[C@@H]3N2C(=O)c2nc(C)sc2-c2cccc(C)c2)cc1OC. The van der Waals surface area contributed by atoms with Gasteiger partial charge in [-0.3, -0.25) is 9.59 Å². The maximum Gasteiger partial charge on any atom is 0.274 e. The van der Waals surface area contributed by atoms with Crippen molar-refractivity contribution >= 4 is 23.2 Å². The van der Waals surface area contributed by atoms with Crippen LogP contribution < -0.4 is 14.8 Å². The first kappa shape index (κ1) is 23.4. The van der Waals surface area contributed by atoms with E-state index in [0.717, 1.165) is 33.9 Å². The minimum atomic E-state index is -0.205. The smallest absolute Gasteiger partial charge is 0.274 e. The van der Waals surface area contributed by atoms with E-state index in [1.54, 1.807) is 43.8 Å². The van der Waals surface area contributed by atoms with Crippen molar-refractivity contribution in [3.8, 4) is 21.9 Å². The van der Waals surface area contributed by atoms with E-state index in [4.69, 9.17) is 9.47 Å². The van der Waals surface area contributed by atoms with E-state index in [2.05, 4.69) is 16.4 Å². The highest BCUT2D eigenvalue weighted by molar-refractivity contribution is 7.15. The molecule has 2 amide bonds. The molecule has 182 valence electrons. The summed E-state index contributed by atoms with van der Waals surface area (Å²) >= 11 is 1.55. The highest BCUT2D eigenvalue weighted by Gasteiger charge is 2.54. The zero-order valence-electron chi connectivity index (χ0n) is 20.3. The molecule has 1 aliphatic carbocycles. The number of nitrogens with zero attached hydrogens (tertiary/aromatic N) is 2. The topological polar surface area (TPSA) is 80.8 Å².